The second-order valence-electron chi connectivity index (χ2n) is 6.17. The Labute approximate surface area is 136 Å². The maximum atomic E-state index is 12.4. The van der Waals surface area contributed by atoms with E-state index in [1.54, 1.807) is 0 Å². The van der Waals surface area contributed by atoms with Crippen molar-refractivity contribution in [2.75, 3.05) is 0 Å². The molecule has 0 fully saturated rings. The average molecular weight is 306 g/mol. The van der Waals surface area contributed by atoms with Gasteiger partial charge in [0.05, 0.1) is 0 Å². The molecule has 0 unspecified atom stereocenters. The number of fused-ring (bicyclic) bond motifs is 1. The number of carbonyl (C=O) groups is 1. The van der Waals surface area contributed by atoms with Crippen LogP contribution in [0.25, 0.3) is 10.9 Å². The fraction of sp³-hybridized carbons (Fsp3) is 0.250. The van der Waals surface area contributed by atoms with Crippen molar-refractivity contribution in [1.29, 1.82) is 0 Å². The van der Waals surface area contributed by atoms with E-state index < -0.39 is 0 Å². The molecule has 0 saturated heterocycles. The molecule has 118 valence electrons. The molecule has 0 spiro atoms. The average Bonchev–Trinajstić information content (AvgIpc) is 2.77. The lowest BCUT2D eigenvalue weighted by atomic mass is 10.1. The van der Waals surface area contributed by atoms with Crippen molar-refractivity contribution in [2.24, 2.45) is 7.05 Å². The summed E-state index contributed by atoms with van der Waals surface area (Å²) < 4.78 is 2.17. The summed E-state index contributed by atoms with van der Waals surface area (Å²) in [6, 6.07) is 14.1. The summed E-state index contributed by atoms with van der Waals surface area (Å²) in [5, 5.41) is 4.15. The van der Waals surface area contributed by atoms with Gasteiger partial charge in [-0.05, 0) is 50.1 Å². The lowest BCUT2D eigenvalue weighted by Crippen LogP contribution is -2.22. The van der Waals surface area contributed by atoms with Crippen molar-refractivity contribution in [3.63, 3.8) is 0 Å². The van der Waals surface area contributed by atoms with Gasteiger partial charge in [-0.1, -0.05) is 29.8 Å². The van der Waals surface area contributed by atoms with Crippen molar-refractivity contribution in [3.05, 3.63) is 70.4 Å². The summed E-state index contributed by atoms with van der Waals surface area (Å²) in [6.07, 6.45) is 0. The highest BCUT2D eigenvalue weighted by Crippen LogP contribution is 2.25. The molecule has 0 atom stereocenters. The van der Waals surface area contributed by atoms with Gasteiger partial charge in [0.15, 0.2) is 0 Å². The van der Waals surface area contributed by atoms with Crippen molar-refractivity contribution < 1.29 is 4.79 Å². The summed E-state index contributed by atoms with van der Waals surface area (Å²) in [7, 11) is 2.06. The second-order valence-corrected chi connectivity index (χ2v) is 6.17. The van der Waals surface area contributed by atoms with Crippen LogP contribution in [0.4, 0.5) is 0 Å². The maximum Gasteiger partial charge on any atom is 0.251 e. The molecular formula is C20H22N2O. The van der Waals surface area contributed by atoms with Crippen molar-refractivity contribution in [2.45, 2.75) is 27.3 Å². The molecular weight excluding hydrogens is 284 g/mol. The molecule has 1 heterocycles. The van der Waals surface area contributed by atoms with Crippen molar-refractivity contribution in [3.8, 4) is 0 Å². The Kier molecular flexibility index (Phi) is 3.95. The number of hydrogen-bond acceptors (Lipinski definition) is 1. The van der Waals surface area contributed by atoms with E-state index in [-0.39, 0.29) is 5.91 Å². The molecule has 3 aromatic rings. The molecule has 0 radical (unpaired) electrons. The number of benzene rings is 2. The number of aryl methyl sites for hydroxylation is 3. The monoisotopic (exact) mass is 306 g/mol. The Morgan fingerprint density at radius 1 is 1.09 bits per heavy atom. The molecule has 23 heavy (non-hydrogen) atoms. The van der Waals surface area contributed by atoms with Crippen molar-refractivity contribution >= 4 is 16.8 Å². The predicted molar refractivity (Wildman–Crippen MR) is 94.7 cm³/mol. The number of nitrogens with one attached hydrogen (secondary N) is 1. The van der Waals surface area contributed by atoms with Crippen LogP contribution in [0.1, 0.15) is 32.7 Å². The molecule has 2 aromatic carbocycles. The van der Waals surface area contributed by atoms with Crippen LogP contribution in [-0.2, 0) is 13.6 Å². The number of nitrogens with zero attached hydrogens (tertiary/aromatic N) is 1. The molecule has 3 rings (SSSR count). The van der Waals surface area contributed by atoms with Gasteiger partial charge in [0.2, 0.25) is 0 Å². The first kappa shape index (κ1) is 15.3. The lowest BCUT2D eigenvalue weighted by Gasteiger charge is -2.07. The topological polar surface area (TPSA) is 34.0 Å². The van der Waals surface area contributed by atoms with Crippen LogP contribution in [0.15, 0.2) is 42.5 Å². The maximum absolute atomic E-state index is 12.4. The van der Waals surface area contributed by atoms with E-state index in [9.17, 15) is 4.79 Å². The highest BCUT2D eigenvalue weighted by molar-refractivity contribution is 5.99. The molecule has 0 aliphatic heterocycles. The van der Waals surface area contributed by atoms with Gasteiger partial charge in [-0.2, -0.15) is 0 Å². The third-order valence-electron chi connectivity index (χ3n) is 4.61. The predicted octanol–water partition coefficient (Wildman–Crippen LogP) is 4.03. The minimum Gasteiger partial charge on any atom is -0.348 e. The fourth-order valence-corrected chi connectivity index (χ4v) is 3.00. The third kappa shape index (κ3) is 2.87. The summed E-state index contributed by atoms with van der Waals surface area (Å²) in [6.45, 7) is 6.81. The molecule has 0 bridgehead atoms. The van der Waals surface area contributed by atoms with Gasteiger partial charge in [0.1, 0.15) is 0 Å². The number of rotatable bonds is 3. The Balaban J connectivity index is 1.82. The highest BCUT2D eigenvalue weighted by Gasteiger charge is 2.12. The fourth-order valence-electron chi connectivity index (χ4n) is 3.00. The standard InChI is InChI=1S/C20H22N2O/c1-13-6-5-7-16(10-13)12-21-20(23)17-8-9-19-18(11-17)14(2)15(3)22(19)4/h5-11H,12H2,1-4H3,(H,21,23). The lowest BCUT2D eigenvalue weighted by molar-refractivity contribution is 0.0951. The Bertz CT molecular complexity index is 890. The highest BCUT2D eigenvalue weighted by atomic mass is 16.1. The first-order chi connectivity index (χ1) is 11.0. The van der Waals surface area contributed by atoms with Gasteiger partial charge < -0.3 is 9.88 Å². The summed E-state index contributed by atoms with van der Waals surface area (Å²) in [5.41, 5.74) is 6.65. The Morgan fingerprint density at radius 3 is 2.61 bits per heavy atom. The first-order valence-corrected chi connectivity index (χ1v) is 7.87. The Hall–Kier alpha value is -2.55. The van der Waals surface area contributed by atoms with Crippen LogP contribution >= 0.6 is 0 Å². The van der Waals surface area contributed by atoms with Crippen LogP contribution < -0.4 is 5.32 Å². The number of aromatic nitrogens is 1. The van der Waals surface area contributed by atoms with Gasteiger partial charge >= 0.3 is 0 Å². The molecule has 0 aliphatic carbocycles. The van der Waals surface area contributed by atoms with E-state index in [1.807, 2.05) is 30.3 Å². The van der Waals surface area contributed by atoms with Crippen LogP contribution in [0, 0.1) is 20.8 Å². The normalized spacial score (nSPS) is 11.0. The van der Waals surface area contributed by atoms with Crippen LogP contribution in [0.2, 0.25) is 0 Å². The van der Waals surface area contributed by atoms with Crippen LogP contribution in [0.3, 0.4) is 0 Å². The minimum atomic E-state index is -0.0330. The van der Waals surface area contributed by atoms with E-state index in [2.05, 4.69) is 49.8 Å². The van der Waals surface area contributed by atoms with Gasteiger partial charge in [-0.3, -0.25) is 4.79 Å². The SMILES string of the molecule is Cc1cccc(CNC(=O)c2ccc3c(c2)c(C)c(C)n3C)c1. The summed E-state index contributed by atoms with van der Waals surface area (Å²) in [4.78, 5) is 12.4. The van der Waals surface area contributed by atoms with E-state index in [0.29, 0.717) is 12.1 Å². The minimum absolute atomic E-state index is 0.0330. The first-order valence-electron chi connectivity index (χ1n) is 7.87. The Morgan fingerprint density at radius 2 is 1.87 bits per heavy atom. The zero-order chi connectivity index (χ0) is 16.6. The molecule has 0 aliphatic rings. The van der Waals surface area contributed by atoms with Crippen LogP contribution in [0.5, 0.6) is 0 Å². The quantitative estimate of drug-likeness (QED) is 0.778. The molecule has 0 saturated carbocycles. The number of amides is 1. The number of carbonyl (C=O) groups excluding carboxylic acids is 1. The zero-order valence-electron chi connectivity index (χ0n) is 14.1. The molecule has 1 aromatic heterocycles. The van der Waals surface area contributed by atoms with E-state index >= 15 is 0 Å². The van der Waals surface area contributed by atoms with Gasteiger partial charge in [-0.25, -0.2) is 0 Å². The van der Waals surface area contributed by atoms with Gasteiger partial charge in [0.25, 0.3) is 5.91 Å². The van der Waals surface area contributed by atoms with Gasteiger partial charge in [0, 0.05) is 35.8 Å². The molecule has 1 N–H and O–H groups in total. The van der Waals surface area contributed by atoms with E-state index in [4.69, 9.17) is 0 Å². The van der Waals surface area contributed by atoms with E-state index in [1.165, 1.54) is 16.8 Å². The number of hydrogen-bond donors (Lipinski definition) is 1. The molecule has 3 nitrogen and oxygen atoms in total. The van der Waals surface area contributed by atoms with Crippen molar-refractivity contribution in [1.82, 2.24) is 9.88 Å². The molecule has 1 amide bonds. The van der Waals surface area contributed by atoms with E-state index in [0.717, 1.165) is 16.5 Å². The molecule has 3 heteroatoms. The summed E-state index contributed by atoms with van der Waals surface area (Å²) in [5.74, 6) is -0.0330. The third-order valence-corrected chi connectivity index (χ3v) is 4.61. The largest absolute Gasteiger partial charge is 0.348 e. The second kappa shape index (κ2) is 5.92. The zero-order valence-corrected chi connectivity index (χ0v) is 14.1. The summed E-state index contributed by atoms with van der Waals surface area (Å²) >= 11 is 0. The van der Waals surface area contributed by atoms with Gasteiger partial charge in [-0.15, -0.1) is 0 Å². The smallest absolute Gasteiger partial charge is 0.251 e. The van der Waals surface area contributed by atoms with Crippen LogP contribution in [-0.4, -0.2) is 10.5 Å².